The third-order valence-corrected chi connectivity index (χ3v) is 4.42. The number of hydroxylamine groups is 1. The molecule has 0 saturated carbocycles. The molecular weight excluding hydrogens is 402 g/mol. The molecule has 0 saturated heterocycles. The number of nitrogens with two attached hydrogens (primary N) is 1. The Kier molecular flexibility index (Phi) is 9.10. The standard InChI is InChI=1S/C21H27N5O5/c1-13(27)19(21(30)26-31)25-20(29)16-4-2-14(3-5-16)15-6-8-17(9-7-15)24-18(28)12-23-11-10-22/h2-9,13,19,23,27,31H,10-12,22H2,1H3,(H,24,28)(H,25,29)(H,26,30)/t13-,19+/m1/s1. The van der Waals surface area contributed by atoms with E-state index in [9.17, 15) is 19.5 Å². The van der Waals surface area contributed by atoms with Crippen molar-refractivity contribution in [1.82, 2.24) is 16.1 Å². The van der Waals surface area contributed by atoms with E-state index >= 15 is 0 Å². The lowest BCUT2D eigenvalue weighted by molar-refractivity contribution is -0.133. The second kappa shape index (κ2) is 11.8. The van der Waals surface area contributed by atoms with Gasteiger partial charge < -0.3 is 26.8 Å². The van der Waals surface area contributed by atoms with E-state index < -0.39 is 24.0 Å². The van der Waals surface area contributed by atoms with Crippen LogP contribution in [0.5, 0.6) is 0 Å². The highest BCUT2D eigenvalue weighted by molar-refractivity contribution is 5.98. The number of aliphatic hydroxyl groups excluding tert-OH is 1. The topological polar surface area (TPSA) is 166 Å². The van der Waals surface area contributed by atoms with Crippen LogP contribution in [0.25, 0.3) is 11.1 Å². The van der Waals surface area contributed by atoms with Gasteiger partial charge in [0.1, 0.15) is 6.04 Å². The highest BCUT2D eigenvalue weighted by atomic mass is 16.5. The molecule has 166 valence electrons. The Hall–Kier alpha value is -3.31. The number of hydrogen-bond donors (Lipinski definition) is 7. The van der Waals surface area contributed by atoms with E-state index in [2.05, 4.69) is 16.0 Å². The first-order valence-corrected chi connectivity index (χ1v) is 9.69. The summed E-state index contributed by atoms with van der Waals surface area (Å²) in [6.07, 6.45) is -1.19. The second-order valence-corrected chi connectivity index (χ2v) is 6.84. The number of carbonyl (C=O) groups is 3. The minimum absolute atomic E-state index is 0.165. The first-order chi connectivity index (χ1) is 14.8. The minimum atomic E-state index is -1.29. The normalized spacial score (nSPS) is 12.5. The summed E-state index contributed by atoms with van der Waals surface area (Å²) < 4.78 is 0. The average molecular weight is 429 g/mol. The van der Waals surface area contributed by atoms with E-state index in [-0.39, 0.29) is 18.0 Å². The Labute approximate surface area is 179 Å². The van der Waals surface area contributed by atoms with E-state index in [1.807, 2.05) is 12.1 Å². The fourth-order valence-electron chi connectivity index (χ4n) is 2.77. The molecule has 2 aromatic carbocycles. The summed E-state index contributed by atoms with van der Waals surface area (Å²) in [6, 6.07) is 12.6. The number of rotatable bonds is 10. The number of benzene rings is 2. The van der Waals surface area contributed by atoms with Gasteiger partial charge >= 0.3 is 0 Å². The van der Waals surface area contributed by atoms with Crippen molar-refractivity contribution in [3.8, 4) is 11.1 Å². The minimum Gasteiger partial charge on any atom is -0.391 e. The Morgan fingerprint density at radius 1 is 1.00 bits per heavy atom. The van der Waals surface area contributed by atoms with Gasteiger partial charge in [0.05, 0.1) is 12.6 Å². The maximum atomic E-state index is 12.3. The van der Waals surface area contributed by atoms with Crippen LogP contribution in [0.3, 0.4) is 0 Å². The van der Waals surface area contributed by atoms with Crippen molar-refractivity contribution in [1.29, 1.82) is 0 Å². The summed E-state index contributed by atoms with van der Waals surface area (Å²) in [5, 5.41) is 26.4. The highest BCUT2D eigenvalue weighted by Gasteiger charge is 2.25. The van der Waals surface area contributed by atoms with E-state index in [4.69, 9.17) is 10.9 Å². The van der Waals surface area contributed by atoms with Gasteiger partial charge in [0.25, 0.3) is 11.8 Å². The van der Waals surface area contributed by atoms with Crippen molar-refractivity contribution < 1.29 is 24.7 Å². The number of carbonyl (C=O) groups excluding carboxylic acids is 3. The van der Waals surface area contributed by atoms with Crippen molar-refractivity contribution in [2.24, 2.45) is 5.73 Å². The molecule has 3 amide bonds. The maximum Gasteiger partial charge on any atom is 0.268 e. The zero-order valence-electron chi connectivity index (χ0n) is 17.1. The predicted molar refractivity (Wildman–Crippen MR) is 115 cm³/mol. The largest absolute Gasteiger partial charge is 0.391 e. The van der Waals surface area contributed by atoms with Crippen LogP contribution in [-0.4, -0.2) is 59.8 Å². The molecule has 0 unspecified atom stereocenters. The van der Waals surface area contributed by atoms with Crippen molar-refractivity contribution in [2.45, 2.75) is 19.1 Å². The van der Waals surface area contributed by atoms with E-state index in [1.54, 1.807) is 36.4 Å². The van der Waals surface area contributed by atoms with Crippen LogP contribution in [0.4, 0.5) is 5.69 Å². The van der Waals surface area contributed by atoms with Crippen molar-refractivity contribution in [3.63, 3.8) is 0 Å². The van der Waals surface area contributed by atoms with Gasteiger partial charge in [-0.2, -0.15) is 0 Å². The zero-order chi connectivity index (χ0) is 22.8. The van der Waals surface area contributed by atoms with E-state index in [1.165, 1.54) is 12.4 Å². The quantitative estimate of drug-likeness (QED) is 0.156. The van der Waals surface area contributed by atoms with E-state index in [0.717, 1.165) is 11.1 Å². The summed E-state index contributed by atoms with van der Waals surface area (Å²) in [6.45, 7) is 2.53. The Bertz CT molecular complexity index is 884. The third kappa shape index (κ3) is 7.15. The lowest BCUT2D eigenvalue weighted by Crippen LogP contribution is -2.51. The van der Waals surface area contributed by atoms with Gasteiger partial charge in [-0.05, 0) is 42.3 Å². The number of anilines is 1. The molecule has 10 nitrogen and oxygen atoms in total. The van der Waals surface area contributed by atoms with Gasteiger partial charge in [-0.25, -0.2) is 5.48 Å². The Morgan fingerprint density at radius 3 is 2.10 bits per heavy atom. The SMILES string of the molecule is C[C@@H](O)[C@H](NC(=O)c1ccc(-c2ccc(NC(=O)CNCCN)cc2)cc1)C(=O)NO. The van der Waals surface area contributed by atoms with Gasteiger partial charge in [0.2, 0.25) is 5.91 Å². The first kappa shape index (κ1) is 24.0. The van der Waals surface area contributed by atoms with Crippen LogP contribution in [0.15, 0.2) is 48.5 Å². The fraction of sp³-hybridized carbons (Fsp3) is 0.286. The van der Waals surface area contributed by atoms with Crippen molar-refractivity contribution in [2.75, 3.05) is 25.0 Å². The fourth-order valence-corrected chi connectivity index (χ4v) is 2.77. The third-order valence-electron chi connectivity index (χ3n) is 4.42. The van der Waals surface area contributed by atoms with Crippen LogP contribution in [0, 0.1) is 0 Å². The van der Waals surface area contributed by atoms with Crippen molar-refractivity contribution >= 4 is 23.4 Å². The number of nitrogens with one attached hydrogen (secondary N) is 4. The van der Waals surface area contributed by atoms with Gasteiger partial charge in [-0.3, -0.25) is 19.6 Å². The molecule has 2 atom stereocenters. The van der Waals surface area contributed by atoms with Crippen LogP contribution in [0.1, 0.15) is 17.3 Å². The van der Waals surface area contributed by atoms with Gasteiger partial charge in [-0.1, -0.05) is 24.3 Å². The molecular formula is C21H27N5O5. The van der Waals surface area contributed by atoms with Gasteiger partial charge in [-0.15, -0.1) is 0 Å². The lowest BCUT2D eigenvalue weighted by Gasteiger charge is -2.19. The number of hydrogen-bond acceptors (Lipinski definition) is 7. The lowest BCUT2D eigenvalue weighted by atomic mass is 10.0. The maximum absolute atomic E-state index is 12.3. The smallest absolute Gasteiger partial charge is 0.268 e. The van der Waals surface area contributed by atoms with Crippen LogP contribution in [0.2, 0.25) is 0 Å². The monoisotopic (exact) mass is 429 g/mol. The molecule has 2 aromatic rings. The molecule has 0 aliphatic carbocycles. The first-order valence-electron chi connectivity index (χ1n) is 9.69. The summed E-state index contributed by atoms with van der Waals surface area (Å²) >= 11 is 0. The predicted octanol–water partition coefficient (Wildman–Crippen LogP) is -0.175. The Morgan fingerprint density at radius 2 is 1.58 bits per heavy atom. The molecule has 31 heavy (non-hydrogen) atoms. The summed E-state index contributed by atoms with van der Waals surface area (Å²) in [7, 11) is 0. The number of aliphatic hydroxyl groups is 1. The molecule has 0 radical (unpaired) electrons. The summed E-state index contributed by atoms with van der Waals surface area (Å²) in [5.74, 6) is -1.65. The van der Waals surface area contributed by atoms with E-state index in [0.29, 0.717) is 18.8 Å². The second-order valence-electron chi connectivity index (χ2n) is 6.84. The molecule has 0 aromatic heterocycles. The molecule has 0 aliphatic rings. The molecule has 0 aliphatic heterocycles. The molecule has 2 rings (SSSR count). The summed E-state index contributed by atoms with van der Waals surface area (Å²) in [5.41, 5.74) is 9.45. The molecule has 8 N–H and O–H groups in total. The number of amides is 3. The zero-order valence-corrected chi connectivity index (χ0v) is 17.1. The van der Waals surface area contributed by atoms with Crippen LogP contribution in [-0.2, 0) is 9.59 Å². The van der Waals surface area contributed by atoms with Crippen molar-refractivity contribution in [3.05, 3.63) is 54.1 Å². The average Bonchev–Trinajstić information content (AvgIpc) is 2.77. The Balaban J connectivity index is 2.00. The molecule has 0 fully saturated rings. The molecule has 0 bridgehead atoms. The molecule has 10 heteroatoms. The highest BCUT2D eigenvalue weighted by Crippen LogP contribution is 2.22. The van der Waals surface area contributed by atoms with Crippen LogP contribution >= 0.6 is 0 Å². The van der Waals surface area contributed by atoms with Crippen LogP contribution < -0.4 is 27.2 Å². The summed E-state index contributed by atoms with van der Waals surface area (Å²) in [4.78, 5) is 35.7. The van der Waals surface area contributed by atoms with Gasteiger partial charge in [0, 0.05) is 24.3 Å². The molecule has 0 heterocycles. The van der Waals surface area contributed by atoms with Gasteiger partial charge in [0.15, 0.2) is 0 Å². The molecule has 0 spiro atoms.